The van der Waals surface area contributed by atoms with Crippen LogP contribution in [0.25, 0.3) is 21.2 Å². The average Bonchev–Trinajstić information content (AvgIpc) is 3.75. The van der Waals surface area contributed by atoms with E-state index in [4.69, 9.17) is 16.2 Å². The maximum atomic E-state index is 14.0. The molecular weight excluding hydrogens is 713 g/mol. The summed E-state index contributed by atoms with van der Waals surface area (Å²) >= 11 is 1.63. The van der Waals surface area contributed by atoms with Gasteiger partial charge in [-0.2, -0.15) is 0 Å². The van der Waals surface area contributed by atoms with Crippen molar-refractivity contribution in [1.29, 1.82) is 0 Å². The number of ether oxygens (including phenoxy) is 1. The van der Waals surface area contributed by atoms with Gasteiger partial charge >= 0.3 is 0 Å². The van der Waals surface area contributed by atoms with Crippen molar-refractivity contribution in [3.63, 3.8) is 0 Å². The second kappa shape index (κ2) is 19.1. The molecule has 1 aliphatic heterocycles. The van der Waals surface area contributed by atoms with Crippen molar-refractivity contribution in [2.75, 3.05) is 13.1 Å². The molecule has 0 saturated carbocycles. The van der Waals surface area contributed by atoms with Crippen molar-refractivity contribution in [2.24, 2.45) is 16.9 Å². The number of amides is 3. The van der Waals surface area contributed by atoms with Crippen LogP contribution in [-0.4, -0.2) is 76.1 Å². The van der Waals surface area contributed by atoms with Gasteiger partial charge in [-0.3, -0.25) is 14.4 Å². The minimum atomic E-state index is -0.719. The molecule has 2 heterocycles. The first-order valence-corrected chi connectivity index (χ1v) is 20.2. The SMILES string of the molecule is Cc1ncsc1-c1ccc(CNCC2C[C@@H](O)CN2C(=O)[C@@H](NC(=O)CCCc2ccc3cc(CO[C@H](C)[C@@H](N)CCC(N)=O)ccc3c2)C(C)(C)C)cc1. The van der Waals surface area contributed by atoms with Crippen LogP contribution in [0.2, 0.25) is 0 Å². The predicted molar refractivity (Wildman–Crippen MR) is 219 cm³/mol. The van der Waals surface area contributed by atoms with Crippen molar-refractivity contribution < 1.29 is 24.2 Å². The van der Waals surface area contributed by atoms with Crippen LogP contribution in [0.15, 0.2) is 66.2 Å². The first kappa shape index (κ1) is 42.0. The van der Waals surface area contributed by atoms with Crippen molar-refractivity contribution in [3.05, 3.63) is 88.6 Å². The number of hydrogen-bond acceptors (Lipinski definition) is 9. The highest BCUT2D eigenvalue weighted by molar-refractivity contribution is 7.13. The summed E-state index contributed by atoms with van der Waals surface area (Å²) in [5.41, 5.74) is 18.2. The van der Waals surface area contributed by atoms with Crippen LogP contribution >= 0.6 is 11.3 Å². The van der Waals surface area contributed by atoms with E-state index in [1.54, 1.807) is 16.2 Å². The number of carbonyl (C=O) groups is 3. The third-order valence-electron chi connectivity index (χ3n) is 10.4. The molecule has 296 valence electrons. The summed E-state index contributed by atoms with van der Waals surface area (Å²) in [5, 5.41) is 19.3. The van der Waals surface area contributed by atoms with E-state index < -0.39 is 17.6 Å². The first-order chi connectivity index (χ1) is 26.2. The number of aromatic nitrogens is 1. The molecule has 1 unspecified atom stereocenters. The van der Waals surface area contributed by atoms with Crippen molar-refractivity contribution in [2.45, 2.75) is 117 Å². The highest BCUT2D eigenvalue weighted by Crippen LogP contribution is 2.28. The predicted octanol–water partition coefficient (Wildman–Crippen LogP) is 5.37. The van der Waals surface area contributed by atoms with Gasteiger partial charge in [0.15, 0.2) is 0 Å². The normalized spacial score (nSPS) is 17.6. The number of carbonyl (C=O) groups excluding carboxylic acids is 3. The van der Waals surface area contributed by atoms with Crippen molar-refractivity contribution >= 4 is 39.8 Å². The van der Waals surface area contributed by atoms with E-state index in [0.717, 1.165) is 45.1 Å². The van der Waals surface area contributed by atoms with Crippen LogP contribution in [0.4, 0.5) is 0 Å². The van der Waals surface area contributed by atoms with Gasteiger partial charge in [0, 0.05) is 44.6 Å². The van der Waals surface area contributed by atoms with E-state index in [9.17, 15) is 19.5 Å². The molecule has 1 aliphatic rings. The molecule has 1 aromatic heterocycles. The smallest absolute Gasteiger partial charge is 0.246 e. The van der Waals surface area contributed by atoms with Crippen LogP contribution in [-0.2, 0) is 38.7 Å². The number of aliphatic hydroxyl groups is 1. The van der Waals surface area contributed by atoms with Crippen LogP contribution in [0.5, 0.6) is 0 Å². The number of hydrogen-bond donors (Lipinski definition) is 5. The van der Waals surface area contributed by atoms with Gasteiger partial charge in [-0.1, -0.05) is 75.4 Å². The van der Waals surface area contributed by atoms with Crippen molar-refractivity contribution in [3.8, 4) is 10.4 Å². The van der Waals surface area contributed by atoms with E-state index in [0.29, 0.717) is 45.4 Å². The third-order valence-corrected chi connectivity index (χ3v) is 11.4. The number of aliphatic hydroxyl groups excluding tert-OH is 1. The van der Waals surface area contributed by atoms with E-state index in [2.05, 4.69) is 70.2 Å². The molecule has 3 aromatic carbocycles. The summed E-state index contributed by atoms with van der Waals surface area (Å²) in [4.78, 5) is 45.6. The Morgan fingerprint density at radius 3 is 2.35 bits per heavy atom. The van der Waals surface area contributed by atoms with Gasteiger partial charge in [0.05, 0.1) is 34.9 Å². The number of primary amides is 1. The zero-order valence-corrected chi connectivity index (χ0v) is 33.7. The van der Waals surface area contributed by atoms with E-state index >= 15 is 0 Å². The first-order valence-electron chi connectivity index (χ1n) is 19.3. The number of benzene rings is 3. The summed E-state index contributed by atoms with van der Waals surface area (Å²) < 4.78 is 5.96. The number of thiazole rings is 1. The number of rotatable bonds is 18. The van der Waals surface area contributed by atoms with Crippen molar-refractivity contribution in [1.82, 2.24) is 20.5 Å². The lowest BCUT2D eigenvalue weighted by molar-refractivity contribution is -0.140. The maximum absolute atomic E-state index is 14.0. The largest absolute Gasteiger partial charge is 0.391 e. The molecule has 3 amide bonds. The lowest BCUT2D eigenvalue weighted by Crippen LogP contribution is -2.56. The standard InChI is InChI=1S/C43H58N6O5S/c1-27-40(55-26-47-27)32-13-10-30(11-14-32)22-46-23-35-21-36(50)24-49(35)42(53)41(43(3,4)5)48-39(52)8-6-7-29-9-15-34-20-31(12-16-33(34)19-29)25-54-28(2)37(44)17-18-38(45)51/h9-16,19-20,26,28,35-37,41,46,50H,6-8,17-18,21-25,44H2,1-5H3,(H2,45,51)(H,48,52)/t28-,35?,36-,37+,41-/m1/s1. The molecule has 0 radical (unpaired) electrons. The maximum Gasteiger partial charge on any atom is 0.246 e. The number of nitrogens with zero attached hydrogens (tertiary/aromatic N) is 2. The topological polar surface area (TPSA) is 173 Å². The Balaban J connectivity index is 1.09. The molecule has 0 bridgehead atoms. The highest BCUT2D eigenvalue weighted by atomic mass is 32.1. The number of fused-ring (bicyclic) bond motifs is 1. The minimum absolute atomic E-state index is 0.159. The molecule has 0 aliphatic carbocycles. The quantitative estimate of drug-likeness (QED) is 0.0898. The molecule has 1 saturated heterocycles. The van der Waals surface area contributed by atoms with Crippen LogP contribution in [0.3, 0.4) is 0 Å². The zero-order chi connectivity index (χ0) is 39.7. The molecule has 1 fully saturated rings. The monoisotopic (exact) mass is 770 g/mol. The molecule has 0 spiro atoms. The summed E-state index contributed by atoms with van der Waals surface area (Å²) in [6, 6.07) is 19.8. The van der Waals surface area contributed by atoms with Gasteiger partial charge in [-0.05, 0) is 84.0 Å². The number of nitrogens with one attached hydrogen (secondary N) is 2. The molecule has 55 heavy (non-hydrogen) atoms. The minimum Gasteiger partial charge on any atom is -0.391 e. The van der Waals surface area contributed by atoms with Gasteiger partial charge in [0.1, 0.15) is 6.04 Å². The Bertz CT molecular complexity index is 1910. The van der Waals surface area contributed by atoms with Crippen LogP contribution in [0, 0.1) is 12.3 Å². The fourth-order valence-electron chi connectivity index (χ4n) is 7.08. The highest BCUT2D eigenvalue weighted by Gasteiger charge is 2.41. The zero-order valence-electron chi connectivity index (χ0n) is 32.8. The molecule has 5 rings (SSSR count). The van der Waals surface area contributed by atoms with E-state index in [1.807, 2.05) is 46.2 Å². The fourth-order valence-corrected chi connectivity index (χ4v) is 7.89. The lowest BCUT2D eigenvalue weighted by atomic mass is 9.85. The fraction of sp³-hybridized carbons (Fsp3) is 0.488. The summed E-state index contributed by atoms with van der Waals surface area (Å²) in [5.74, 6) is -0.683. The number of aryl methyl sites for hydroxylation is 2. The van der Waals surface area contributed by atoms with E-state index in [1.165, 1.54) is 4.88 Å². The molecule has 11 nitrogen and oxygen atoms in total. The van der Waals surface area contributed by atoms with Gasteiger partial charge in [0.25, 0.3) is 0 Å². The Hall–Kier alpha value is -4.20. The Kier molecular flexibility index (Phi) is 14.6. The van der Waals surface area contributed by atoms with Crippen LogP contribution in [0.1, 0.15) is 82.2 Å². The number of β-amino-alcohol motifs (C(OH)–C–C–N with tert-alkyl or cyclic N) is 1. The summed E-state index contributed by atoms with van der Waals surface area (Å²) in [7, 11) is 0. The molecule has 5 atom stereocenters. The number of likely N-dealkylation sites (tertiary alicyclic amines) is 1. The van der Waals surface area contributed by atoms with Gasteiger partial charge in [-0.25, -0.2) is 4.98 Å². The molecule has 12 heteroatoms. The second-order valence-corrected chi connectivity index (χ2v) is 16.9. The second-order valence-electron chi connectivity index (χ2n) is 16.0. The average molecular weight is 771 g/mol. The van der Waals surface area contributed by atoms with Gasteiger partial charge < -0.3 is 36.8 Å². The van der Waals surface area contributed by atoms with Crippen LogP contribution < -0.4 is 22.1 Å². The van der Waals surface area contributed by atoms with E-state index in [-0.39, 0.29) is 48.9 Å². The molecular formula is C43H58N6O5S. The summed E-state index contributed by atoms with van der Waals surface area (Å²) in [6.07, 6.45) is 2.06. The lowest BCUT2D eigenvalue weighted by Gasteiger charge is -2.36. The molecule has 7 N–H and O–H groups in total. The third kappa shape index (κ3) is 11.9. The Labute approximate surface area is 329 Å². The summed E-state index contributed by atoms with van der Waals surface area (Å²) in [6.45, 7) is 11.6. The molecule has 4 aromatic rings. The Morgan fingerprint density at radius 2 is 1.69 bits per heavy atom. The van der Waals surface area contributed by atoms with Gasteiger partial charge in [0.2, 0.25) is 17.7 Å². The Morgan fingerprint density at radius 1 is 1.02 bits per heavy atom. The number of nitrogens with two attached hydrogens (primary N) is 2. The van der Waals surface area contributed by atoms with Gasteiger partial charge in [-0.15, -0.1) is 11.3 Å².